The zero-order valence-electron chi connectivity index (χ0n) is 12.9. The highest BCUT2D eigenvalue weighted by atomic mass is 32.2. The van der Waals surface area contributed by atoms with Gasteiger partial charge in [-0.1, -0.05) is 55.8 Å². The maximum Gasteiger partial charge on any atom is 0.240 e. The first-order valence-corrected chi connectivity index (χ1v) is 8.78. The molecular weight excluding hydrogens is 290 g/mol. The molecule has 114 valence electrons. The molecule has 1 aliphatic heterocycles. The standard InChI is InChI=1S/C19H21NOS/c1-2-3-13-20-16-11-7-8-12-17(16)22-18(19(20)21)14-15-9-5-4-6-10-15/h4-12,18H,2-3,13-14H2,1H3. The summed E-state index contributed by atoms with van der Waals surface area (Å²) in [6, 6.07) is 18.6. The monoisotopic (exact) mass is 311 g/mol. The van der Waals surface area contributed by atoms with Gasteiger partial charge in [0.2, 0.25) is 5.91 Å². The molecule has 3 rings (SSSR count). The van der Waals surface area contributed by atoms with E-state index >= 15 is 0 Å². The van der Waals surface area contributed by atoms with Gasteiger partial charge in [0, 0.05) is 11.4 Å². The summed E-state index contributed by atoms with van der Waals surface area (Å²) in [6.07, 6.45) is 2.94. The lowest BCUT2D eigenvalue weighted by atomic mass is 10.1. The molecule has 1 atom stereocenters. The van der Waals surface area contributed by atoms with Crippen LogP contribution in [0, 0.1) is 0 Å². The van der Waals surface area contributed by atoms with E-state index in [1.165, 1.54) is 10.5 Å². The Hall–Kier alpha value is -1.74. The van der Waals surface area contributed by atoms with Crippen LogP contribution in [-0.2, 0) is 11.2 Å². The number of carbonyl (C=O) groups excluding carboxylic acids is 1. The van der Waals surface area contributed by atoms with E-state index in [-0.39, 0.29) is 11.2 Å². The molecule has 1 aliphatic rings. The molecule has 3 heteroatoms. The number of carbonyl (C=O) groups is 1. The molecular formula is C19H21NOS. The lowest BCUT2D eigenvalue weighted by molar-refractivity contribution is -0.118. The molecule has 0 spiro atoms. The van der Waals surface area contributed by atoms with E-state index in [4.69, 9.17) is 0 Å². The zero-order valence-corrected chi connectivity index (χ0v) is 13.7. The van der Waals surface area contributed by atoms with Crippen LogP contribution in [0.25, 0.3) is 0 Å². The Balaban J connectivity index is 1.86. The van der Waals surface area contributed by atoms with Crippen LogP contribution in [-0.4, -0.2) is 17.7 Å². The van der Waals surface area contributed by atoms with Gasteiger partial charge in [0.05, 0.1) is 10.9 Å². The lowest BCUT2D eigenvalue weighted by Gasteiger charge is -2.33. The fourth-order valence-corrected chi connectivity index (χ4v) is 4.05. The Kier molecular flexibility index (Phi) is 4.84. The summed E-state index contributed by atoms with van der Waals surface area (Å²) in [5.74, 6) is 0.251. The van der Waals surface area contributed by atoms with E-state index in [9.17, 15) is 4.79 Å². The van der Waals surface area contributed by atoms with Gasteiger partial charge in [-0.15, -0.1) is 11.8 Å². The highest BCUT2D eigenvalue weighted by Crippen LogP contribution is 2.40. The second-order valence-corrected chi connectivity index (χ2v) is 6.85. The van der Waals surface area contributed by atoms with Gasteiger partial charge in [-0.3, -0.25) is 4.79 Å². The van der Waals surface area contributed by atoms with Gasteiger partial charge in [-0.05, 0) is 30.5 Å². The third-order valence-corrected chi connectivity index (χ3v) is 5.22. The first kappa shape index (κ1) is 15.2. The summed E-state index contributed by atoms with van der Waals surface area (Å²) >= 11 is 1.71. The van der Waals surface area contributed by atoms with E-state index in [0.717, 1.165) is 31.5 Å². The first-order chi connectivity index (χ1) is 10.8. The molecule has 0 radical (unpaired) electrons. The van der Waals surface area contributed by atoms with Crippen LogP contribution >= 0.6 is 11.8 Å². The average Bonchev–Trinajstić information content (AvgIpc) is 2.56. The molecule has 0 N–H and O–H groups in total. The summed E-state index contributed by atoms with van der Waals surface area (Å²) in [7, 11) is 0. The molecule has 0 bridgehead atoms. The summed E-state index contributed by atoms with van der Waals surface area (Å²) < 4.78 is 0. The Labute approximate surface area is 136 Å². The molecule has 2 nitrogen and oxygen atoms in total. The van der Waals surface area contributed by atoms with Gasteiger partial charge in [0.25, 0.3) is 0 Å². The Bertz CT molecular complexity index is 641. The van der Waals surface area contributed by atoms with Crippen LogP contribution in [0.4, 0.5) is 5.69 Å². The van der Waals surface area contributed by atoms with Crippen LogP contribution < -0.4 is 4.90 Å². The van der Waals surface area contributed by atoms with E-state index < -0.39 is 0 Å². The highest BCUT2D eigenvalue weighted by Gasteiger charge is 2.32. The predicted octanol–water partition coefficient (Wildman–Crippen LogP) is 4.54. The van der Waals surface area contributed by atoms with E-state index in [0.29, 0.717) is 0 Å². The number of benzene rings is 2. The molecule has 0 saturated carbocycles. The molecule has 22 heavy (non-hydrogen) atoms. The number of amides is 1. The molecule has 1 heterocycles. The maximum absolute atomic E-state index is 12.9. The quantitative estimate of drug-likeness (QED) is 0.808. The number of para-hydroxylation sites is 1. The average molecular weight is 311 g/mol. The fourth-order valence-electron chi connectivity index (χ4n) is 2.78. The molecule has 1 amide bonds. The number of nitrogens with zero attached hydrogens (tertiary/aromatic N) is 1. The SMILES string of the molecule is CCCCN1C(=O)C(Cc2ccccc2)Sc2ccccc21. The summed E-state index contributed by atoms with van der Waals surface area (Å²) in [4.78, 5) is 16.1. The maximum atomic E-state index is 12.9. The first-order valence-electron chi connectivity index (χ1n) is 7.90. The van der Waals surface area contributed by atoms with Crippen LogP contribution in [0.3, 0.4) is 0 Å². The molecule has 0 saturated heterocycles. The van der Waals surface area contributed by atoms with Crippen molar-refractivity contribution in [2.45, 2.75) is 36.3 Å². The van der Waals surface area contributed by atoms with Crippen molar-refractivity contribution in [2.24, 2.45) is 0 Å². The molecule has 0 fully saturated rings. The van der Waals surface area contributed by atoms with Crippen LogP contribution in [0.15, 0.2) is 59.5 Å². The van der Waals surface area contributed by atoms with E-state index in [1.54, 1.807) is 11.8 Å². The van der Waals surface area contributed by atoms with Gasteiger partial charge >= 0.3 is 0 Å². The van der Waals surface area contributed by atoms with Crippen LogP contribution in [0.1, 0.15) is 25.3 Å². The molecule has 2 aromatic carbocycles. The summed E-state index contributed by atoms with van der Waals surface area (Å²) in [5.41, 5.74) is 2.30. The van der Waals surface area contributed by atoms with Crippen molar-refractivity contribution in [2.75, 3.05) is 11.4 Å². The Morgan fingerprint density at radius 1 is 1.05 bits per heavy atom. The van der Waals surface area contributed by atoms with Gasteiger partial charge in [0.15, 0.2) is 0 Å². The minimum Gasteiger partial charge on any atom is -0.310 e. The number of fused-ring (bicyclic) bond motifs is 1. The second kappa shape index (κ2) is 7.01. The molecule has 0 aliphatic carbocycles. The minimum atomic E-state index is -0.0193. The van der Waals surface area contributed by atoms with E-state index in [2.05, 4.69) is 37.3 Å². The topological polar surface area (TPSA) is 20.3 Å². The van der Waals surface area contributed by atoms with Crippen LogP contribution in [0.2, 0.25) is 0 Å². The highest BCUT2D eigenvalue weighted by molar-refractivity contribution is 8.01. The number of unbranched alkanes of at least 4 members (excludes halogenated alkanes) is 1. The van der Waals surface area contributed by atoms with E-state index in [1.807, 2.05) is 29.2 Å². The fraction of sp³-hybridized carbons (Fsp3) is 0.316. The molecule has 2 aromatic rings. The van der Waals surface area contributed by atoms with Crippen molar-refractivity contribution in [1.29, 1.82) is 0 Å². The Morgan fingerprint density at radius 3 is 2.55 bits per heavy atom. The predicted molar refractivity (Wildman–Crippen MR) is 93.5 cm³/mol. The summed E-state index contributed by atoms with van der Waals surface area (Å²) in [6.45, 7) is 2.98. The number of anilines is 1. The number of thioether (sulfide) groups is 1. The van der Waals surface area contributed by atoms with Crippen molar-refractivity contribution in [3.63, 3.8) is 0 Å². The minimum absolute atomic E-state index is 0.0193. The lowest BCUT2D eigenvalue weighted by Crippen LogP contribution is -2.42. The van der Waals surface area contributed by atoms with Crippen molar-refractivity contribution in [3.05, 3.63) is 60.2 Å². The van der Waals surface area contributed by atoms with Crippen molar-refractivity contribution >= 4 is 23.4 Å². The van der Waals surface area contributed by atoms with Crippen molar-refractivity contribution in [3.8, 4) is 0 Å². The van der Waals surface area contributed by atoms with Gasteiger partial charge in [-0.25, -0.2) is 0 Å². The largest absolute Gasteiger partial charge is 0.310 e. The Morgan fingerprint density at radius 2 is 1.77 bits per heavy atom. The molecule has 1 unspecified atom stereocenters. The van der Waals surface area contributed by atoms with Gasteiger partial charge in [-0.2, -0.15) is 0 Å². The third kappa shape index (κ3) is 3.20. The van der Waals surface area contributed by atoms with Gasteiger partial charge in [0.1, 0.15) is 0 Å². The van der Waals surface area contributed by atoms with Crippen LogP contribution in [0.5, 0.6) is 0 Å². The summed E-state index contributed by atoms with van der Waals surface area (Å²) in [5, 5.41) is -0.0193. The second-order valence-electron chi connectivity index (χ2n) is 5.61. The number of hydrogen-bond donors (Lipinski definition) is 0. The van der Waals surface area contributed by atoms with Gasteiger partial charge < -0.3 is 4.90 Å². The third-order valence-electron chi connectivity index (χ3n) is 3.97. The smallest absolute Gasteiger partial charge is 0.240 e. The number of rotatable bonds is 5. The normalized spacial score (nSPS) is 17.4. The number of hydrogen-bond acceptors (Lipinski definition) is 2. The molecule has 0 aromatic heterocycles. The van der Waals surface area contributed by atoms with Crippen molar-refractivity contribution in [1.82, 2.24) is 0 Å². The van der Waals surface area contributed by atoms with Crippen molar-refractivity contribution < 1.29 is 4.79 Å². The zero-order chi connectivity index (χ0) is 15.4.